The average molecular weight is 243 g/mol. The van der Waals surface area contributed by atoms with Gasteiger partial charge in [-0.2, -0.15) is 5.10 Å². The predicted octanol–water partition coefficient (Wildman–Crippen LogP) is 2.16. The van der Waals surface area contributed by atoms with Gasteiger partial charge in [0.2, 0.25) is 0 Å². The molecule has 0 amide bonds. The van der Waals surface area contributed by atoms with Crippen LogP contribution in [0.3, 0.4) is 0 Å². The lowest BCUT2D eigenvalue weighted by atomic mass is 9.97. The Hall–Kier alpha value is -1.81. The lowest BCUT2D eigenvalue weighted by Gasteiger charge is -2.10. The van der Waals surface area contributed by atoms with E-state index in [0.29, 0.717) is 5.92 Å². The smallest absolute Gasteiger partial charge is 0.119 e. The van der Waals surface area contributed by atoms with Gasteiger partial charge in [-0.05, 0) is 30.7 Å². The van der Waals surface area contributed by atoms with Crippen LogP contribution in [0, 0.1) is 0 Å². The summed E-state index contributed by atoms with van der Waals surface area (Å²) >= 11 is 0. The second-order valence-electron chi connectivity index (χ2n) is 4.62. The maximum absolute atomic E-state index is 5.28. The number of aromatic nitrogens is 2. The highest BCUT2D eigenvalue weighted by atomic mass is 16.5. The zero-order chi connectivity index (χ0) is 12.4. The fraction of sp³-hybridized carbons (Fsp3) is 0.357. The number of nitrogens with one attached hydrogen (secondary N) is 2. The first-order valence-corrected chi connectivity index (χ1v) is 6.27. The molecule has 0 aliphatic carbocycles. The number of hydrogen-bond acceptors (Lipinski definition) is 3. The van der Waals surface area contributed by atoms with Gasteiger partial charge in [0.05, 0.1) is 13.3 Å². The van der Waals surface area contributed by atoms with E-state index in [2.05, 4.69) is 27.6 Å². The Kier molecular flexibility index (Phi) is 3.02. The van der Waals surface area contributed by atoms with Crippen molar-refractivity contribution in [1.82, 2.24) is 15.5 Å². The van der Waals surface area contributed by atoms with Crippen LogP contribution in [0.5, 0.6) is 5.75 Å². The molecule has 4 nitrogen and oxygen atoms in total. The topological polar surface area (TPSA) is 49.9 Å². The molecular weight excluding hydrogens is 226 g/mol. The number of aromatic amines is 1. The van der Waals surface area contributed by atoms with Crippen molar-refractivity contribution >= 4 is 0 Å². The number of methoxy groups -OCH3 is 1. The molecular formula is C14H17N3O. The summed E-state index contributed by atoms with van der Waals surface area (Å²) in [4.78, 5) is 0. The van der Waals surface area contributed by atoms with Gasteiger partial charge >= 0.3 is 0 Å². The third-order valence-corrected chi connectivity index (χ3v) is 3.52. The minimum Gasteiger partial charge on any atom is -0.497 e. The lowest BCUT2D eigenvalue weighted by molar-refractivity contribution is 0.415. The van der Waals surface area contributed by atoms with Crippen LogP contribution in [0.25, 0.3) is 11.1 Å². The summed E-state index contributed by atoms with van der Waals surface area (Å²) in [6.07, 6.45) is 3.07. The molecule has 2 heterocycles. The number of ether oxygens (including phenoxy) is 1. The molecule has 2 aromatic rings. The lowest BCUT2D eigenvalue weighted by Crippen LogP contribution is -2.08. The van der Waals surface area contributed by atoms with Gasteiger partial charge in [0.15, 0.2) is 0 Å². The van der Waals surface area contributed by atoms with Crippen molar-refractivity contribution < 1.29 is 4.74 Å². The number of nitrogens with zero attached hydrogens (tertiary/aromatic N) is 1. The summed E-state index contributed by atoms with van der Waals surface area (Å²) in [5, 5.41) is 10.7. The van der Waals surface area contributed by atoms with Crippen LogP contribution < -0.4 is 10.1 Å². The molecule has 1 aliphatic heterocycles. The minimum atomic E-state index is 0.536. The van der Waals surface area contributed by atoms with Crippen molar-refractivity contribution in [3.05, 3.63) is 36.2 Å². The molecule has 0 spiro atoms. The van der Waals surface area contributed by atoms with Crippen molar-refractivity contribution in [3.63, 3.8) is 0 Å². The second-order valence-corrected chi connectivity index (χ2v) is 4.62. The average Bonchev–Trinajstić information content (AvgIpc) is 3.09. The number of rotatable bonds is 3. The molecule has 1 unspecified atom stereocenters. The van der Waals surface area contributed by atoms with Crippen molar-refractivity contribution in [3.8, 4) is 16.9 Å². The standard InChI is InChI=1S/C14H17N3O/c1-18-12-4-2-3-10(7-12)13-9-16-17-14(13)11-5-6-15-8-11/h2-4,7,9,11,15H,5-6,8H2,1H3,(H,16,17). The summed E-state index contributed by atoms with van der Waals surface area (Å²) in [5.74, 6) is 1.41. The number of benzene rings is 1. The molecule has 1 aromatic heterocycles. The van der Waals surface area contributed by atoms with Crippen LogP contribution in [0.15, 0.2) is 30.5 Å². The molecule has 0 radical (unpaired) electrons. The van der Waals surface area contributed by atoms with Gasteiger partial charge in [-0.15, -0.1) is 0 Å². The van der Waals surface area contributed by atoms with E-state index in [-0.39, 0.29) is 0 Å². The van der Waals surface area contributed by atoms with Gasteiger partial charge in [-0.3, -0.25) is 5.10 Å². The van der Waals surface area contributed by atoms with E-state index in [1.54, 1.807) is 7.11 Å². The van der Waals surface area contributed by atoms with Gasteiger partial charge in [0, 0.05) is 23.7 Å². The van der Waals surface area contributed by atoms with Gasteiger partial charge in [-0.1, -0.05) is 12.1 Å². The summed E-state index contributed by atoms with van der Waals surface area (Å²) in [7, 11) is 1.69. The van der Waals surface area contributed by atoms with E-state index in [4.69, 9.17) is 4.74 Å². The molecule has 3 rings (SSSR count). The molecule has 2 N–H and O–H groups in total. The molecule has 1 aromatic carbocycles. The molecule has 1 aliphatic rings. The normalized spacial score (nSPS) is 19.1. The molecule has 1 atom stereocenters. The van der Waals surface area contributed by atoms with E-state index >= 15 is 0 Å². The summed E-state index contributed by atoms with van der Waals surface area (Å²) in [5.41, 5.74) is 3.57. The molecule has 1 fully saturated rings. The summed E-state index contributed by atoms with van der Waals surface area (Å²) < 4.78 is 5.28. The van der Waals surface area contributed by atoms with Gasteiger partial charge in [0.1, 0.15) is 5.75 Å². The highest BCUT2D eigenvalue weighted by Crippen LogP contribution is 2.32. The van der Waals surface area contributed by atoms with E-state index in [1.807, 2.05) is 18.3 Å². The maximum Gasteiger partial charge on any atom is 0.119 e. The van der Waals surface area contributed by atoms with Crippen LogP contribution in [0.2, 0.25) is 0 Å². The van der Waals surface area contributed by atoms with E-state index < -0.39 is 0 Å². The number of H-pyrrole nitrogens is 1. The third-order valence-electron chi connectivity index (χ3n) is 3.52. The SMILES string of the molecule is COc1cccc(-c2cn[nH]c2C2CCNC2)c1. The summed E-state index contributed by atoms with van der Waals surface area (Å²) in [6.45, 7) is 2.11. The Bertz CT molecular complexity index is 529. The zero-order valence-corrected chi connectivity index (χ0v) is 10.4. The Morgan fingerprint density at radius 3 is 3.11 bits per heavy atom. The predicted molar refractivity (Wildman–Crippen MR) is 70.8 cm³/mol. The monoisotopic (exact) mass is 243 g/mol. The molecule has 1 saturated heterocycles. The van der Waals surface area contributed by atoms with Crippen molar-refractivity contribution in [2.24, 2.45) is 0 Å². The second kappa shape index (κ2) is 4.82. The summed E-state index contributed by atoms with van der Waals surface area (Å²) in [6, 6.07) is 8.12. The third kappa shape index (κ3) is 1.99. The fourth-order valence-corrected chi connectivity index (χ4v) is 2.53. The Morgan fingerprint density at radius 2 is 2.33 bits per heavy atom. The van der Waals surface area contributed by atoms with Crippen LogP contribution in [0.4, 0.5) is 0 Å². The minimum absolute atomic E-state index is 0.536. The Labute approximate surface area is 106 Å². The van der Waals surface area contributed by atoms with Crippen LogP contribution >= 0.6 is 0 Å². The van der Waals surface area contributed by atoms with Gasteiger partial charge < -0.3 is 10.1 Å². The van der Waals surface area contributed by atoms with Crippen molar-refractivity contribution in [2.45, 2.75) is 12.3 Å². The van der Waals surface area contributed by atoms with Crippen LogP contribution in [-0.2, 0) is 0 Å². The van der Waals surface area contributed by atoms with E-state index in [0.717, 1.165) is 24.4 Å². The highest BCUT2D eigenvalue weighted by molar-refractivity contribution is 5.67. The van der Waals surface area contributed by atoms with Crippen molar-refractivity contribution in [1.29, 1.82) is 0 Å². The van der Waals surface area contributed by atoms with Crippen LogP contribution in [0.1, 0.15) is 18.0 Å². The zero-order valence-electron chi connectivity index (χ0n) is 10.4. The largest absolute Gasteiger partial charge is 0.497 e. The first-order chi connectivity index (χ1) is 8.88. The van der Waals surface area contributed by atoms with Crippen LogP contribution in [-0.4, -0.2) is 30.4 Å². The maximum atomic E-state index is 5.28. The first-order valence-electron chi connectivity index (χ1n) is 6.27. The fourth-order valence-electron chi connectivity index (χ4n) is 2.53. The Morgan fingerprint density at radius 1 is 1.39 bits per heavy atom. The first kappa shape index (κ1) is 11.3. The quantitative estimate of drug-likeness (QED) is 0.868. The highest BCUT2D eigenvalue weighted by Gasteiger charge is 2.21. The molecule has 0 saturated carbocycles. The molecule has 4 heteroatoms. The van der Waals surface area contributed by atoms with Gasteiger partial charge in [-0.25, -0.2) is 0 Å². The van der Waals surface area contributed by atoms with Gasteiger partial charge in [0.25, 0.3) is 0 Å². The number of hydrogen-bond donors (Lipinski definition) is 2. The van der Waals surface area contributed by atoms with E-state index in [1.165, 1.54) is 17.7 Å². The Balaban J connectivity index is 1.98. The molecule has 0 bridgehead atoms. The van der Waals surface area contributed by atoms with E-state index in [9.17, 15) is 0 Å². The molecule has 18 heavy (non-hydrogen) atoms. The van der Waals surface area contributed by atoms with Crippen molar-refractivity contribution in [2.75, 3.05) is 20.2 Å². The molecule has 94 valence electrons.